The summed E-state index contributed by atoms with van der Waals surface area (Å²) < 4.78 is 6.85. The van der Waals surface area contributed by atoms with Gasteiger partial charge in [-0.05, 0) is 44.4 Å². The molecule has 2 rings (SSSR count). The fraction of sp³-hybridized carbons (Fsp3) is 0.600. The molecule has 1 unspecified atom stereocenters. The van der Waals surface area contributed by atoms with Gasteiger partial charge in [0.2, 0.25) is 0 Å². The van der Waals surface area contributed by atoms with Gasteiger partial charge in [-0.2, -0.15) is 0 Å². The Morgan fingerprint density at radius 2 is 2.32 bits per heavy atom. The normalized spacial score (nSPS) is 21.5. The SMILES string of the molecule is CCOC1CCCN(c2ccc([C@@H](C)N)c(Br)c2)C1. The van der Waals surface area contributed by atoms with E-state index in [1.54, 1.807) is 0 Å². The zero-order valence-electron chi connectivity index (χ0n) is 11.7. The summed E-state index contributed by atoms with van der Waals surface area (Å²) in [6.45, 7) is 6.95. The lowest BCUT2D eigenvalue weighted by Crippen LogP contribution is -2.39. The lowest BCUT2D eigenvalue weighted by Gasteiger charge is -2.34. The van der Waals surface area contributed by atoms with Crippen molar-refractivity contribution in [2.24, 2.45) is 5.73 Å². The van der Waals surface area contributed by atoms with E-state index in [9.17, 15) is 0 Å². The van der Waals surface area contributed by atoms with Crippen molar-refractivity contribution in [1.82, 2.24) is 0 Å². The van der Waals surface area contributed by atoms with Crippen LogP contribution in [0.15, 0.2) is 22.7 Å². The topological polar surface area (TPSA) is 38.5 Å². The molecule has 1 aromatic rings. The Kier molecular flexibility index (Phi) is 5.25. The second-order valence-corrected chi connectivity index (χ2v) is 6.01. The van der Waals surface area contributed by atoms with Crippen LogP contribution in [-0.2, 0) is 4.74 Å². The fourth-order valence-electron chi connectivity index (χ4n) is 2.63. The number of hydrogen-bond acceptors (Lipinski definition) is 3. The number of halogens is 1. The van der Waals surface area contributed by atoms with Gasteiger partial charge < -0.3 is 15.4 Å². The summed E-state index contributed by atoms with van der Waals surface area (Å²) in [5.41, 5.74) is 8.35. The standard InChI is InChI=1S/C15H23BrN2O/c1-3-19-13-5-4-8-18(10-13)12-6-7-14(11(2)17)15(16)9-12/h6-7,9,11,13H,3-5,8,10,17H2,1-2H3/t11-,13?/m1/s1. The van der Waals surface area contributed by atoms with E-state index in [0.717, 1.165) is 29.7 Å². The summed E-state index contributed by atoms with van der Waals surface area (Å²) in [4.78, 5) is 2.40. The van der Waals surface area contributed by atoms with E-state index in [1.165, 1.54) is 18.5 Å². The number of nitrogens with zero attached hydrogens (tertiary/aromatic N) is 1. The van der Waals surface area contributed by atoms with Crippen molar-refractivity contribution in [3.05, 3.63) is 28.2 Å². The lowest BCUT2D eigenvalue weighted by molar-refractivity contribution is 0.0527. The molecule has 0 aromatic heterocycles. The first-order valence-corrected chi connectivity index (χ1v) is 7.82. The third kappa shape index (κ3) is 3.71. The highest BCUT2D eigenvalue weighted by Gasteiger charge is 2.20. The maximum Gasteiger partial charge on any atom is 0.0750 e. The van der Waals surface area contributed by atoms with E-state index in [0.29, 0.717) is 6.10 Å². The molecular weight excluding hydrogens is 304 g/mol. The molecule has 1 heterocycles. The van der Waals surface area contributed by atoms with E-state index in [2.05, 4.69) is 46.0 Å². The van der Waals surface area contributed by atoms with Crippen molar-refractivity contribution in [1.29, 1.82) is 0 Å². The van der Waals surface area contributed by atoms with Crippen LogP contribution in [0, 0.1) is 0 Å². The van der Waals surface area contributed by atoms with Gasteiger partial charge in [-0.3, -0.25) is 0 Å². The summed E-state index contributed by atoms with van der Waals surface area (Å²) >= 11 is 3.62. The molecule has 0 amide bonds. The Labute approximate surface area is 124 Å². The molecule has 0 saturated carbocycles. The summed E-state index contributed by atoms with van der Waals surface area (Å²) in [6.07, 6.45) is 2.73. The van der Waals surface area contributed by atoms with Gasteiger partial charge in [0.15, 0.2) is 0 Å². The van der Waals surface area contributed by atoms with Crippen molar-refractivity contribution in [3.63, 3.8) is 0 Å². The summed E-state index contributed by atoms with van der Waals surface area (Å²) in [7, 11) is 0. The number of hydrogen-bond donors (Lipinski definition) is 1. The molecule has 2 atom stereocenters. The highest BCUT2D eigenvalue weighted by Crippen LogP contribution is 2.29. The van der Waals surface area contributed by atoms with Crippen molar-refractivity contribution in [2.75, 3.05) is 24.6 Å². The lowest BCUT2D eigenvalue weighted by atomic mass is 10.1. The van der Waals surface area contributed by atoms with E-state index in [1.807, 2.05) is 6.92 Å². The zero-order valence-corrected chi connectivity index (χ0v) is 13.3. The summed E-state index contributed by atoms with van der Waals surface area (Å²) in [5, 5.41) is 0. The molecule has 19 heavy (non-hydrogen) atoms. The Bertz CT molecular complexity index is 421. The first kappa shape index (κ1) is 14.8. The molecule has 1 saturated heterocycles. The third-order valence-electron chi connectivity index (χ3n) is 3.62. The number of ether oxygens (including phenoxy) is 1. The van der Waals surface area contributed by atoms with Gasteiger partial charge in [0.25, 0.3) is 0 Å². The van der Waals surface area contributed by atoms with Crippen LogP contribution in [0.25, 0.3) is 0 Å². The molecule has 1 fully saturated rings. The molecule has 1 aromatic carbocycles. The highest BCUT2D eigenvalue weighted by molar-refractivity contribution is 9.10. The first-order chi connectivity index (χ1) is 9.11. The molecule has 2 N–H and O–H groups in total. The van der Waals surface area contributed by atoms with Gasteiger partial charge in [0.05, 0.1) is 6.10 Å². The van der Waals surface area contributed by atoms with Crippen LogP contribution < -0.4 is 10.6 Å². The molecule has 0 spiro atoms. The maximum absolute atomic E-state index is 5.94. The number of benzene rings is 1. The number of rotatable bonds is 4. The maximum atomic E-state index is 5.94. The molecule has 0 aliphatic carbocycles. The molecule has 1 aliphatic heterocycles. The number of anilines is 1. The average Bonchev–Trinajstić information content (AvgIpc) is 2.39. The predicted octanol–water partition coefficient (Wildman–Crippen LogP) is 3.47. The van der Waals surface area contributed by atoms with E-state index in [-0.39, 0.29) is 6.04 Å². The Morgan fingerprint density at radius 1 is 1.53 bits per heavy atom. The molecule has 4 heteroatoms. The zero-order chi connectivity index (χ0) is 13.8. The molecule has 0 bridgehead atoms. The summed E-state index contributed by atoms with van der Waals surface area (Å²) in [6, 6.07) is 6.51. The molecule has 1 aliphatic rings. The summed E-state index contributed by atoms with van der Waals surface area (Å²) in [5.74, 6) is 0. The largest absolute Gasteiger partial charge is 0.377 e. The van der Waals surface area contributed by atoms with E-state index in [4.69, 9.17) is 10.5 Å². The van der Waals surface area contributed by atoms with Gasteiger partial charge in [-0.1, -0.05) is 22.0 Å². The minimum atomic E-state index is 0.0564. The van der Waals surface area contributed by atoms with Gasteiger partial charge >= 0.3 is 0 Å². The van der Waals surface area contributed by atoms with Crippen LogP contribution in [-0.4, -0.2) is 25.8 Å². The van der Waals surface area contributed by atoms with Crippen molar-refractivity contribution >= 4 is 21.6 Å². The second kappa shape index (κ2) is 6.73. The number of nitrogens with two attached hydrogens (primary N) is 1. The predicted molar refractivity (Wildman–Crippen MR) is 83.6 cm³/mol. The first-order valence-electron chi connectivity index (χ1n) is 7.03. The monoisotopic (exact) mass is 326 g/mol. The average molecular weight is 327 g/mol. The second-order valence-electron chi connectivity index (χ2n) is 5.16. The number of piperidine rings is 1. The van der Waals surface area contributed by atoms with E-state index < -0.39 is 0 Å². The third-order valence-corrected chi connectivity index (χ3v) is 4.31. The van der Waals surface area contributed by atoms with Crippen LogP contribution in [0.4, 0.5) is 5.69 Å². The Morgan fingerprint density at radius 3 is 2.95 bits per heavy atom. The smallest absolute Gasteiger partial charge is 0.0750 e. The minimum Gasteiger partial charge on any atom is -0.377 e. The van der Waals surface area contributed by atoms with Gasteiger partial charge in [0, 0.05) is 35.9 Å². The van der Waals surface area contributed by atoms with E-state index >= 15 is 0 Å². The fourth-order valence-corrected chi connectivity index (χ4v) is 3.35. The van der Waals surface area contributed by atoms with Crippen molar-refractivity contribution in [3.8, 4) is 0 Å². The van der Waals surface area contributed by atoms with Crippen LogP contribution in [0.5, 0.6) is 0 Å². The highest BCUT2D eigenvalue weighted by atomic mass is 79.9. The van der Waals surface area contributed by atoms with Crippen molar-refractivity contribution < 1.29 is 4.74 Å². The van der Waals surface area contributed by atoms with Crippen molar-refractivity contribution in [2.45, 2.75) is 38.8 Å². The molecular formula is C15H23BrN2O. The molecule has 106 valence electrons. The Balaban J connectivity index is 2.11. The van der Waals surface area contributed by atoms with Crippen LogP contribution in [0.3, 0.4) is 0 Å². The van der Waals surface area contributed by atoms with Gasteiger partial charge in [-0.25, -0.2) is 0 Å². The molecule has 3 nitrogen and oxygen atoms in total. The van der Waals surface area contributed by atoms with Crippen LogP contribution in [0.1, 0.15) is 38.3 Å². The van der Waals surface area contributed by atoms with Gasteiger partial charge in [0.1, 0.15) is 0 Å². The molecule has 0 radical (unpaired) electrons. The van der Waals surface area contributed by atoms with Crippen LogP contribution >= 0.6 is 15.9 Å². The van der Waals surface area contributed by atoms with Gasteiger partial charge in [-0.15, -0.1) is 0 Å². The van der Waals surface area contributed by atoms with Crippen LogP contribution in [0.2, 0.25) is 0 Å². The quantitative estimate of drug-likeness (QED) is 0.920. The Hall–Kier alpha value is -0.580. The minimum absolute atomic E-state index is 0.0564.